The number of anilines is 2. The van der Waals surface area contributed by atoms with E-state index in [0.717, 1.165) is 49.0 Å². The molecular formula is C34H36Cl2N8O4. The summed E-state index contributed by atoms with van der Waals surface area (Å²) < 4.78 is 23.6. The lowest BCUT2D eigenvalue weighted by atomic mass is 10.1. The maximum atomic E-state index is 12.7. The molecule has 0 bridgehead atoms. The van der Waals surface area contributed by atoms with Gasteiger partial charge in [-0.2, -0.15) is 10.2 Å². The highest BCUT2D eigenvalue weighted by atomic mass is 35.5. The van der Waals surface area contributed by atoms with E-state index in [1.807, 2.05) is 44.2 Å². The van der Waals surface area contributed by atoms with Gasteiger partial charge in [0.25, 0.3) is 0 Å². The average Bonchev–Trinajstić information content (AvgIpc) is 3.84. The Morgan fingerprint density at radius 3 is 2.21 bits per heavy atom. The summed E-state index contributed by atoms with van der Waals surface area (Å²) in [5, 5.41) is 9.55. The fourth-order valence-corrected chi connectivity index (χ4v) is 6.83. The topological polar surface area (TPSA) is 105 Å². The lowest BCUT2D eigenvalue weighted by Crippen LogP contribution is -2.46. The molecule has 2 aliphatic heterocycles. The van der Waals surface area contributed by atoms with Crippen molar-refractivity contribution in [3.05, 3.63) is 111 Å². The van der Waals surface area contributed by atoms with E-state index in [2.05, 4.69) is 49.2 Å². The summed E-state index contributed by atoms with van der Waals surface area (Å²) >= 11 is 12.7. The third-order valence-electron chi connectivity index (χ3n) is 8.73. The van der Waals surface area contributed by atoms with E-state index in [0.29, 0.717) is 41.2 Å². The molecule has 0 aliphatic carbocycles. The van der Waals surface area contributed by atoms with Gasteiger partial charge in [-0.05, 0) is 74.5 Å². The number of nitrogens with zero attached hydrogens (tertiary/aromatic N) is 8. The Morgan fingerprint density at radius 1 is 0.938 bits per heavy atom. The van der Waals surface area contributed by atoms with Crippen LogP contribution >= 0.6 is 23.2 Å². The van der Waals surface area contributed by atoms with Gasteiger partial charge >= 0.3 is 5.69 Å². The van der Waals surface area contributed by atoms with Gasteiger partial charge in [0.05, 0.1) is 17.3 Å². The molecule has 2 atom stereocenters. The second kappa shape index (κ2) is 13.6. The van der Waals surface area contributed by atoms with Crippen molar-refractivity contribution in [2.24, 2.45) is 0 Å². The highest BCUT2D eigenvalue weighted by Crippen LogP contribution is 2.40. The maximum Gasteiger partial charge on any atom is 0.350 e. The van der Waals surface area contributed by atoms with Gasteiger partial charge < -0.3 is 24.0 Å². The number of ether oxygens (including phenoxy) is 3. The van der Waals surface area contributed by atoms with Crippen LogP contribution in [0.15, 0.2) is 84.2 Å². The number of hydrogen-bond acceptors (Lipinski definition) is 9. The van der Waals surface area contributed by atoms with Crippen LogP contribution in [0, 0.1) is 6.92 Å². The lowest BCUT2D eigenvalue weighted by Gasteiger charge is -2.37. The summed E-state index contributed by atoms with van der Waals surface area (Å²) in [4.78, 5) is 21.4. The van der Waals surface area contributed by atoms with Crippen molar-refractivity contribution in [3.8, 4) is 11.4 Å². The van der Waals surface area contributed by atoms with Crippen molar-refractivity contribution in [2.75, 3.05) is 49.2 Å². The quantitative estimate of drug-likeness (QED) is 0.202. The Morgan fingerprint density at radius 2 is 1.60 bits per heavy atom. The molecule has 12 nitrogen and oxygen atoms in total. The lowest BCUT2D eigenvalue weighted by molar-refractivity contribution is -0.190. The minimum atomic E-state index is -1.16. The first-order valence-electron chi connectivity index (χ1n) is 15.9. The highest BCUT2D eigenvalue weighted by molar-refractivity contribution is 6.35. The molecule has 0 amide bonds. The Kier molecular flexibility index (Phi) is 9.15. The van der Waals surface area contributed by atoms with Crippen molar-refractivity contribution < 1.29 is 14.2 Å². The molecule has 0 spiro atoms. The third-order valence-corrected chi connectivity index (χ3v) is 9.28. The smallest absolute Gasteiger partial charge is 0.350 e. The van der Waals surface area contributed by atoms with Crippen LogP contribution in [0.2, 0.25) is 10.0 Å². The number of rotatable bonds is 10. The molecule has 7 rings (SSSR count). The molecule has 2 aliphatic rings. The Hall–Kier alpha value is -4.36. The van der Waals surface area contributed by atoms with Crippen LogP contribution < -0.4 is 20.2 Å². The predicted molar refractivity (Wildman–Crippen MR) is 184 cm³/mol. The summed E-state index contributed by atoms with van der Waals surface area (Å²) in [6, 6.07) is 21.5. The van der Waals surface area contributed by atoms with Gasteiger partial charge in [0.1, 0.15) is 43.5 Å². The van der Waals surface area contributed by atoms with Gasteiger partial charge in [-0.25, -0.2) is 23.7 Å². The Labute approximate surface area is 288 Å². The monoisotopic (exact) mass is 690 g/mol. The fourth-order valence-electron chi connectivity index (χ4n) is 6.28. The molecule has 48 heavy (non-hydrogen) atoms. The standard InChI is InChI=1S/C34H36Cl2N8O4/c1-3-43-33(45)44(24(2)39-43)28-7-5-26(6-8-28)40-14-16-41(17-15-40)27-9-11-29(12-10-27)46-19-30-20-47-34(48-30,21-42-23-37-22-38-42)31-13-4-25(35)18-32(31)36/h4-13,18,22-23,30H,3,14-17,19-21H2,1-2H3/t30-,34-/m1/s1. The number of aryl methyl sites for hydroxylation is 2. The van der Waals surface area contributed by atoms with Crippen LogP contribution in [-0.2, 0) is 28.4 Å². The molecule has 4 heterocycles. The van der Waals surface area contributed by atoms with Gasteiger partial charge in [0, 0.05) is 54.7 Å². The molecule has 0 saturated carbocycles. The SMILES string of the molecule is CCn1nc(C)n(-c2ccc(N3CCN(c4ccc(OC[C@@H]5CO[C@@](Cn6cncn6)(c6ccc(Cl)cc6Cl)O5)cc4)CC3)cc2)c1=O. The number of benzene rings is 3. The van der Waals surface area contributed by atoms with E-state index in [1.165, 1.54) is 11.0 Å². The number of hydrogen-bond donors (Lipinski definition) is 0. The Balaban J connectivity index is 0.934. The summed E-state index contributed by atoms with van der Waals surface area (Å²) in [6.07, 6.45) is 2.74. The van der Waals surface area contributed by atoms with E-state index in [1.54, 1.807) is 27.7 Å². The zero-order chi connectivity index (χ0) is 33.3. The highest BCUT2D eigenvalue weighted by Gasteiger charge is 2.45. The van der Waals surface area contributed by atoms with Gasteiger partial charge in [-0.15, -0.1) is 0 Å². The Bertz CT molecular complexity index is 1910. The first kappa shape index (κ1) is 32.2. The molecule has 2 fully saturated rings. The summed E-state index contributed by atoms with van der Waals surface area (Å²) in [6.45, 7) is 8.75. The largest absolute Gasteiger partial charge is 0.491 e. The van der Waals surface area contributed by atoms with E-state index in [-0.39, 0.29) is 18.3 Å². The van der Waals surface area contributed by atoms with Gasteiger partial charge in [-0.1, -0.05) is 29.3 Å². The van der Waals surface area contributed by atoms with E-state index < -0.39 is 5.79 Å². The van der Waals surface area contributed by atoms with E-state index in [9.17, 15) is 4.79 Å². The molecule has 0 unspecified atom stereocenters. The van der Waals surface area contributed by atoms with Gasteiger partial charge in [0.15, 0.2) is 0 Å². The fraction of sp³-hybridized carbons (Fsp3) is 0.353. The minimum absolute atomic E-state index is 0.116. The summed E-state index contributed by atoms with van der Waals surface area (Å²) in [7, 11) is 0. The third kappa shape index (κ3) is 6.53. The molecule has 2 saturated heterocycles. The molecular weight excluding hydrogens is 655 g/mol. The van der Waals surface area contributed by atoms with Crippen LogP contribution in [0.1, 0.15) is 18.3 Å². The van der Waals surface area contributed by atoms with Gasteiger partial charge in [0.2, 0.25) is 5.79 Å². The molecule has 5 aromatic rings. The number of aromatic nitrogens is 6. The zero-order valence-corrected chi connectivity index (χ0v) is 28.2. The van der Waals surface area contributed by atoms with Gasteiger partial charge in [-0.3, -0.25) is 0 Å². The van der Waals surface area contributed by atoms with Crippen LogP contribution in [-0.4, -0.2) is 74.6 Å². The normalized spacial score (nSPS) is 19.6. The molecule has 2 aromatic heterocycles. The summed E-state index contributed by atoms with van der Waals surface area (Å²) in [5.74, 6) is 0.272. The average molecular weight is 692 g/mol. The first-order valence-corrected chi connectivity index (χ1v) is 16.7. The molecule has 14 heteroatoms. The minimum Gasteiger partial charge on any atom is -0.491 e. The molecule has 0 N–H and O–H groups in total. The van der Waals surface area contributed by atoms with Crippen molar-refractivity contribution in [1.29, 1.82) is 0 Å². The van der Waals surface area contributed by atoms with Crippen molar-refractivity contribution in [3.63, 3.8) is 0 Å². The van der Waals surface area contributed by atoms with Crippen LogP contribution in [0.5, 0.6) is 5.75 Å². The maximum absolute atomic E-state index is 12.7. The predicted octanol–water partition coefficient (Wildman–Crippen LogP) is 4.93. The second-order valence-electron chi connectivity index (χ2n) is 11.8. The number of halogens is 2. The second-order valence-corrected chi connectivity index (χ2v) is 12.6. The number of piperazine rings is 1. The zero-order valence-electron chi connectivity index (χ0n) is 26.7. The van der Waals surface area contributed by atoms with E-state index in [4.69, 9.17) is 37.4 Å². The van der Waals surface area contributed by atoms with Crippen molar-refractivity contribution in [1.82, 2.24) is 29.1 Å². The van der Waals surface area contributed by atoms with Crippen LogP contribution in [0.25, 0.3) is 5.69 Å². The molecule has 3 aromatic carbocycles. The van der Waals surface area contributed by atoms with Crippen LogP contribution in [0.4, 0.5) is 11.4 Å². The molecule has 250 valence electrons. The van der Waals surface area contributed by atoms with E-state index >= 15 is 0 Å². The van der Waals surface area contributed by atoms with Crippen LogP contribution in [0.3, 0.4) is 0 Å². The van der Waals surface area contributed by atoms with Crippen molar-refractivity contribution >= 4 is 34.6 Å². The van der Waals surface area contributed by atoms with Crippen molar-refractivity contribution in [2.45, 2.75) is 38.8 Å². The molecule has 0 radical (unpaired) electrons. The first-order chi connectivity index (χ1) is 23.3. The summed E-state index contributed by atoms with van der Waals surface area (Å²) in [5.41, 5.74) is 3.66.